The van der Waals surface area contributed by atoms with E-state index in [1.807, 2.05) is 36.4 Å². The van der Waals surface area contributed by atoms with Crippen molar-refractivity contribution < 1.29 is 38.9 Å². The third-order valence-corrected chi connectivity index (χ3v) is 6.46. The average molecular weight is 557 g/mol. The number of allylic oxidation sites excluding steroid dienone is 1. The first kappa shape index (κ1) is 27.4. The first-order chi connectivity index (χ1) is 20.0. The summed E-state index contributed by atoms with van der Waals surface area (Å²) < 4.78 is 23.2. The first-order valence-electron chi connectivity index (χ1n) is 12.9. The Morgan fingerprint density at radius 2 is 1.68 bits per heavy atom. The molecule has 0 spiro atoms. The summed E-state index contributed by atoms with van der Waals surface area (Å²) in [6.45, 7) is 0.103. The molecular weight excluding hydrogens is 528 g/mol. The number of carbonyl (C=O) groups excluding carboxylic acids is 2. The number of fused-ring (bicyclic) bond motifs is 2. The Morgan fingerprint density at radius 3 is 2.49 bits per heavy atom. The maximum absolute atomic E-state index is 13.3. The van der Waals surface area contributed by atoms with Crippen molar-refractivity contribution >= 4 is 28.5 Å². The second-order valence-electron chi connectivity index (χ2n) is 9.16. The van der Waals surface area contributed by atoms with Crippen LogP contribution in [0.2, 0.25) is 0 Å². The van der Waals surface area contributed by atoms with Crippen molar-refractivity contribution in [3.63, 3.8) is 0 Å². The van der Waals surface area contributed by atoms with Gasteiger partial charge in [-0.1, -0.05) is 54.6 Å². The molecule has 0 saturated carbocycles. The zero-order chi connectivity index (χ0) is 28.6. The highest BCUT2D eigenvalue weighted by Gasteiger charge is 2.31. The van der Waals surface area contributed by atoms with Crippen LogP contribution >= 0.6 is 0 Å². The number of hydrogen-bond donors (Lipinski definition) is 4. The predicted molar refractivity (Wildman–Crippen MR) is 150 cm³/mol. The number of para-hydroxylation sites is 1. The minimum absolute atomic E-state index is 0.0892. The Bertz CT molecular complexity index is 1560. The highest BCUT2D eigenvalue weighted by molar-refractivity contribution is 5.92. The normalized spacial score (nSPS) is 13.5. The van der Waals surface area contributed by atoms with Crippen LogP contribution in [-0.2, 0) is 9.53 Å². The maximum atomic E-state index is 13.3. The van der Waals surface area contributed by atoms with Crippen molar-refractivity contribution in [3.8, 4) is 23.0 Å². The van der Waals surface area contributed by atoms with E-state index in [9.17, 15) is 14.7 Å². The van der Waals surface area contributed by atoms with Crippen LogP contribution in [0.1, 0.15) is 24.5 Å². The smallest absolute Gasteiger partial charge is 0.412 e. The summed E-state index contributed by atoms with van der Waals surface area (Å²) in [5, 5.41) is 23.3. The summed E-state index contributed by atoms with van der Waals surface area (Å²) in [5.41, 5.74) is 2.63. The van der Waals surface area contributed by atoms with Crippen LogP contribution in [0, 0.1) is 0 Å². The lowest BCUT2D eigenvalue weighted by Crippen LogP contribution is -2.31. The number of carbonyl (C=O) groups is 2. The summed E-state index contributed by atoms with van der Waals surface area (Å²) in [6.07, 6.45) is 1.11. The Kier molecular flexibility index (Phi) is 8.51. The van der Waals surface area contributed by atoms with Gasteiger partial charge in [-0.15, -0.1) is 0 Å². The van der Waals surface area contributed by atoms with Crippen LogP contribution in [-0.4, -0.2) is 35.2 Å². The van der Waals surface area contributed by atoms with Crippen LogP contribution in [0.5, 0.6) is 23.0 Å². The molecule has 4 N–H and O–H groups in total. The highest BCUT2D eigenvalue weighted by Crippen LogP contribution is 2.37. The van der Waals surface area contributed by atoms with Crippen molar-refractivity contribution in [1.29, 1.82) is 0 Å². The number of hydroxylamine groups is 1. The lowest BCUT2D eigenvalue weighted by atomic mass is 9.94. The summed E-state index contributed by atoms with van der Waals surface area (Å²) in [4.78, 5) is 24.8. The predicted octanol–water partition coefficient (Wildman–Crippen LogP) is 5.85. The number of aromatic hydroxyl groups is 1. The molecule has 2 amide bonds. The van der Waals surface area contributed by atoms with E-state index in [1.165, 1.54) is 6.08 Å². The van der Waals surface area contributed by atoms with Gasteiger partial charge in [-0.25, -0.2) is 10.3 Å². The van der Waals surface area contributed by atoms with Gasteiger partial charge in [-0.05, 0) is 48.6 Å². The van der Waals surface area contributed by atoms with Crippen LogP contribution in [0.4, 0.5) is 10.5 Å². The fraction of sp³-hybridized carbons (Fsp3) is 0.161. The van der Waals surface area contributed by atoms with E-state index < -0.39 is 24.2 Å². The van der Waals surface area contributed by atoms with E-state index in [1.54, 1.807) is 60.1 Å². The lowest BCUT2D eigenvalue weighted by Gasteiger charge is -2.29. The van der Waals surface area contributed by atoms with Gasteiger partial charge in [0.05, 0.1) is 0 Å². The van der Waals surface area contributed by atoms with Gasteiger partial charge < -0.3 is 24.1 Å². The molecule has 0 bridgehead atoms. The molecule has 41 heavy (non-hydrogen) atoms. The molecule has 1 aliphatic rings. The quantitative estimate of drug-likeness (QED) is 0.108. The van der Waals surface area contributed by atoms with E-state index in [4.69, 9.17) is 24.2 Å². The van der Waals surface area contributed by atoms with Gasteiger partial charge in [-0.2, -0.15) is 0 Å². The zero-order valence-corrected chi connectivity index (χ0v) is 21.9. The Hall–Kier alpha value is -5.22. The van der Waals surface area contributed by atoms with Gasteiger partial charge in [0.1, 0.15) is 17.6 Å². The number of anilines is 1. The molecule has 0 aliphatic carbocycles. The third kappa shape index (κ3) is 6.68. The number of phenolic OH excluding ortho intramolecular Hbond substituents is 1. The molecule has 4 aromatic rings. The van der Waals surface area contributed by atoms with Crippen LogP contribution in [0.25, 0.3) is 10.8 Å². The number of phenols is 1. The fourth-order valence-corrected chi connectivity index (χ4v) is 4.57. The standard InChI is InChI=1S/C31H28N2O8/c34-25-16-15-24(22-10-4-5-11-23(22)25)30(41-31(36)32-20-14-17-26-28(18-20)39-19-38-26)27(12-6-7-13-29(35)33-37)40-21-8-2-1-3-9-21/h1-5,7-11,13-18,27,30,34,37H,6,12,19H2,(H,32,36)(H,33,35)/b13-7+/t27-,30-/m1/s1. The molecule has 210 valence electrons. The number of rotatable bonds is 10. The molecule has 0 unspecified atom stereocenters. The highest BCUT2D eigenvalue weighted by atomic mass is 16.7. The lowest BCUT2D eigenvalue weighted by molar-refractivity contribution is -0.124. The third-order valence-electron chi connectivity index (χ3n) is 6.46. The monoisotopic (exact) mass is 556 g/mol. The van der Waals surface area contributed by atoms with Gasteiger partial charge in [0.25, 0.3) is 5.91 Å². The van der Waals surface area contributed by atoms with Gasteiger partial charge in [0.15, 0.2) is 17.6 Å². The van der Waals surface area contributed by atoms with Gasteiger partial charge in [0.2, 0.25) is 6.79 Å². The minimum Gasteiger partial charge on any atom is -0.507 e. The Morgan fingerprint density at radius 1 is 0.927 bits per heavy atom. The summed E-state index contributed by atoms with van der Waals surface area (Å²) >= 11 is 0. The molecule has 1 aliphatic heterocycles. The topological polar surface area (TPSA) is 136 Å². The van der Waals surface area contributed by atoms with Crippen molar-refractivity contribution in [2.24, 2.45) is 0 Å². The van der Waals surface area contributed by atoms with E-state index in [0.29, 0.717) is 52.1 Å². The second kappa shape index (κ2) is 12.8. The van der Waals surface area contributed by atoms with Gasteiger partial charge >= 0.3 is 6.09 Å². The summed E-state index contributed by atoms with van der Waals surface area (Å²) in [6, 6.07) is 24.6. The SMILES string of the molecule is O=C(/C=C/CC[C@@H](Oc1ccccc1)[C@H](OC(=O)Nc1ccc2c(c1)OCO2)c1ccc(O)c2ccccc12)NO. The average Bonchev–Trinajstić information content (AvgIpc) is 3.46. The molecule has 0 fully saturated rings. The minimum atomic E-state index is -0.935. The summed E-state index contributed by atoms with van der Waals surface area (Å²) in [5.74, 6) is 1.07. The number of nitrogens with one attached hydrogen (secondary N) is 2. The molecule has 0 radical (unpaired) electrons. The molecular formula is C31H28N2O8. The van der Waals surface area contributed by atoms with Crippen LogP contribution < -0.4 is 25.0 Å². The second-order valence-corrected chi connectivity index (χ2v) is 9.16. The largest absolute Gasteiger partial charge is 0.507 e. The van der Waals surface area contributed by atoms with E-state index >= 15 is 0 Å². The van der Waals surface area contributed by atoms with Crippen molar-refractivity contribution in [2.75, 3.05) is 12.1 Å². The van der Waals surface area contributed by atoms with Crippen molar-refractivity contribution in [1.82, 2.24) is 5.48 Å². The van der Waals surface area contributed by atoms with E-state index in [0.717, 1.165) is 0 Å². The molecule has 10 heteroatoms. The molecule has 1 heterocycles. The Labute approximate surface area is 235 Å². The van der Waals surface area contributed by atoms with Gasteiger partial charge in [0, 0.05) is 28.8 Å². The van der Waals surface area contributed by atoms with Crippen molar-refractivity contribution in [2.45, 2.75) is 25.0 Å². The zero-order valence-electron chi connectivity index (χ0n) is 21.9. The van der Waals surface area contributed by atoms with E-state index in [-0.39, 0.29) is 12.5 Å². The van der Waals surface area contributed by atoms with Crippen LogP contribution in [0.3, 0.4) is 0 Å². The maximum Gasteiger partial charge on any atom is 0.412 e. The molecule has 2 atom stereocenters. The summed E-state index contributed by atoms with van der Waals surface area (Å²) in [7, 11) is 0. The molecule has 0 aromatic heterocycles. The molecule has 0 saturated heterocycles. The number of hydrogen-bond acceptors (Lipinski definition) is 8. The number of amides is 2. The van der Waals surface area contributed by atoms with E-state index in [2.05, 4.69) is 5.32 Å². The van der Waals surface area contributed by atoms with Crippen LogP contribution in [0.15, 0.2) is 97.1 Å². The van der Waals surface area contributed by atoms with Crippen molar-refractivity contribution in [3.05, 3.63) is 103 Å². The first-order valence-corrected chi connectivity index (χ1v) is 12.9. The fourth-order valence-electron chi connectivity index (χ4n) is 4.57. The number of benzene rings is 4. The van der Waals surface area contributed by atoms with Gasteiger partial charge in [-0.3, -0.25) is 15.3 Å². The molecule has 4 aromatic carbocycles. The Balaban J connectivity index is 1.49. The molecule has 10 nitrogen and oxygen atoms in total. The molecule has 5 rings (SSSR count). The number of ether oxygens (including phenoxy) is 4.